The summed E-state index contributed by atoms with van der Waals surface area (Å²) < 4.78 is 15.2. The second kappa shape index (κ2) is 5.64. The highest BCUT2D eigenvalue weighted by atomic mass is 16.5. The van der Waals surface area contributed by atoms with Gasteiger partial charge in [-0.2, -0.15) is 0 Å². The molecule has 0 atom stereocenters. The second-order valence-electron chi connectivity index (χ2n) is 4.02. The molecule has 1 amide bonds. The average Bonchev–Trinajstić information content (AvgIpc) is 2.73. The van der Waals surface area contributed by atoms with Gasteiger partial charge in [-0.15, -0.1) is 0 Å². The summed E-state index contributed by atoms with van der Waals surface area (Å²) in [6, 6.07) is 3.23. The van der Waals surface area contributed by atoms with E-state index in [1.807, 2.05) is 0 Å². The van der Waals surface area contributed by atoms with Crippen LogP contribution < -0.4 is 14.8 Å². The molecule has 0 bridgehead atoms. The van der Waals surface area contributed by atoms with E-state index in [0.717, 1.165) is 0 Å². The molecule has 106 valence electrons. The van der Waals surface area contributed by atoms with Crippen molar-refractivity contribution in [2.45, 2.75) is 6.92 Å². The summed E-state index contributed by atoms with van der Waals surface area (Å²) in [6.45, 7) is 1.99. The number of benzene rings is 1. The minimum Gasteiger partial charge on any atom is -0.493 e. The molecule has 0 fully saturated rings. The Balaban J connectivity index is 2.47. The SMILES string of the molecule is CCOC(=O)/C=C1\NC(=O)c2cc(OC)c(OC)cc21. The molecule has 20 heavy (non-hydrogen) atoms. The molecule has 0 saturated heterocycles. The highest BCUT2D eigenvalue weighted by molar-refractivity contribution is 6.12. The number of methoxy groups -OCH3 is 2. The number of amides is 1. The van der Waals surface area contributed by atoms with Crippen molar-refractivity contribution in [2.75, 3.05) is 20.8 Å². The zero-order chi connectivity index (χ0) is 14.7. The molecule has 0 unspecified atom stereocenters. The first-order chi connectivity index (χ1) is 9.60. The molecule has 1 aromatic rings. The van der Waals surface area contributed by atoms with Crippen molar-refractivity contribution in [2.24, 2.45) is 0 Å². The Kier molecular flexibility index (Phi) is 3.93. The number of fused-ring (bicyclic) bond motifs is 1. The van der Waals surface area contributed by atoms with Gasteiger partial charge in [0.2, 0.25) is 0 Å². The van der Waals surface area contributed by atoms with Crippen molar-refractivity contribution in [3.05, 3.63) is 29.3 Å². The number of rotatable bonds is 4. The van der Waals surface area contributed by atoms with Crippen LogP contribution in [0.1, 0.15) is 22.8 Å². The first-order valence-corrected chi connectivity index (χ1v) is 6.06. The molecular weight excluding hydrogens is 262 g/mol. The average molecular weight is 277 g/mol. The number of ether oxygens (including phenoxy) is 3. The maximum atomic E-state index is 11.9. The molecule has 0 aliphatic carbocycles. The van der Waals surface area contributed by atoms with Crippen LogP contribution in [-0.2, 0) is 9.53 Å². The lowest BCUT2D eigenvalue weighted by molar-refractivity contribution is -0.137. The van der Waals surface area contributed by atoms with Crippen LogP contribution in [0.3, 0.4) is 0 Å². The Labute approximate surface area is 116 Å². The fourth-order valence-corrected chi connectivity index (χ4v) is 1.96. The Bertz CT molecular complexity index is 591. The van der Waals surface area contributed by atoms with Crippen molar-refractivity contribution in [3.63, 3.8) is 0 Å². The summed E-state index contributed by atoms with van der Waals surface area (Å²) in [7, 11) is 3.00. The molecular formula is C14H15NO5. The van der Waals surface area contributed by atoms with Crippen LogP contribution >= 0.6 is 0 Å². The lowest BCUT2D eigenvalue weighted by Crippen LogP contribution is -2.13. The van der Waals surface area contributed by atoms with Crippen molar-refractivity contribution in [1.82, 2.24) is 5.32 Å². The Morgan fingerprint density at radius 1 is 1.20 bits per heavy atom. The van der Waals surface area contributed by atoms with Crippen LogP contribution in [0.15, 0.2) is 18.2 Å². The van der Waals surface area contributed by atoms with Gasteiger partial charge in [-0.05, 0) is 19.1 Å². The molecule has 6 heteroatoms. The second-order valence-corrected chi connectivity index (χ2v) is 4.02. The number of hydrogen-bond donors (Lipinski definition) is 1. The van der Waals surface area contributed by atoms with Gasteiger partial charge in [-0.25, -0.2) is 4.79 Å². The molecule has 0 aromatic heterocycles. The minimum absolute atomic E-state index is 0.273. The maximum Gasteiger partial charge on any atom is 0.332 e. The fraction of sp³-hybridized carbons (Fsp3) is 0.286. The maximum absolute atomic E-state index is 11.9. The van der Waals surface area contributed by atoms with E-state index in [1.54, 1.807) is 19.1 Å². The molecule has 1 heterocycles. The number of carbonyl (C=O) groups is 2. The van der Waals surface area contributed by atoms with Gasteiger partial charge in [-0.1, -0.05) is 0 Å². The van der Waals surface area contributed by atoms with Crippen molar-refractivity contribution in [3.8, 4) is 11.5 Å². The van der Waals surface area contributed by atoms with Crippen LogP contribution in [-0.4, -0.2) is 32.7 Å². The predicted molar refractivity (Wildman–Crippen MR) is 71.6 cm³/mol. The zero-order valence-corrected chi connectivity index (χ0v) is 11.5. The van der Waals surface area contributed by atoms with Crippen LogP contribution in [0.2, 0.25) is 0 Å². The molecule has 1 N–H and O–H groups in total. The van der Waals surface area contributed by atoms with Crippen LogP contribution in [0.5, 0.6) is 11.5 Å². The molecule has 0 saturated carbocycles. The van der Waals surface area contributed by atoms with Crippen molar-refractivity contribution >= 4 is 17.6 Å². The zero-order valence-electron chi connectivity index (χ0n) is 11.5. The van der Waals surface area contributed by atoms with Crippen LogP contribution in [0, 0.1) is 0 Å². The quantitative estimate of drug-likeness (QED) is 0.664. The summed E-state index contributed by atoms with van der Waals surface area (Å²) in [5.74, 6) is 0.137. The first-order valence-electron chi connectivity index (χ1n) is 6.06. The van der Waals surface area contributed by atoms with E-state index < -0.39 is 5.97 Å². The minimum atomic E-state index is -0.509. The van der Waals surface area contributed by atoms with Crippen LogP contribution in [0.25, 0.3) is 5.70 Å². The topological polar surface area (TPSA) is 73.9 Å². The Morgan fingerprint density at radius 3 is 2.35 bits per heavy atom. The molecule has 1 aliphatic heterocycles. The molecule has 1 aliphatic rings. The third kappa shape index (κ3) is 2.45. The molecule has 0 radical (unpaired) electrons. The summed E-state index contributed by atoms with van der Waals surface area (Å²) in [5.41, 5.74) is 1.41. The first kappa shape index (κ1) is 13.9. The third-order valence-corrected chi connectivity index (χ3v) is 2.86. The van der Waals surface area contributed by atoms with E-state index in [9.17, 15) is 9.59 Å². The predicted octanol–water partition coefficient (Wildman–Crippen LogP) is 1.35. The lowest BCUT2D eigenvalue weighted by atomic mass is 10.1. The van der Waals surface area contributed by atoms with Crippen LogP contribution in [0.4, 0.5) is 0 Å². The highest BCUT2D eigenvalue weighted by Crippen LogP contribution is 2.35. The number of esters is 1. The van der Waals surface area contributed by atoms with Gasteiger partial charge in [-0.3, -0.25) is 4.79 Å². The van der Waals surface area contributed by atoms with Crippen molar-refractivity contribution < 1.29 is 23.8 Å². The number of hydrogen-bond acceptors (Lipinski definition) is 5. The third-order valence-electron chi connectivity index (χ3n) is 2.86. The molecule has 2 rings (SSSR count). The van der Waals surface area contributed by atoms with Gasteiger partial charge in [0.25, 0.3) is 5.91 Å². The monoisotopic (exact) mass is 277 g/mol. The summed E-state index contributed by atoms with van der Waals surface area (Å²) >= 11 is 0. The van der Waals surface area contributed by atoms with Gasteiger partial charge in [0.1, 0.15) is 0 Å². The number of nitrogens with one attached hydrogen (secondary N) is 1. The van der Waals surface area contributed by atoms with E-state index in [1.165, 1.54) is 20.3 Å². The summed E-state index contributed by atoms with van der Waals surface area (Å²) in [4.78, 5) is 23.4. The van der Waals surface area contributed by atoms with E-state index >= 15 is 0 Å². The van der Waals surface area contributed by atoms with E-state index in [2.05, 4.69) is 5.32 Å². The van der Waals surface area contributed by atoms with E-state index in [-0.39, 0.29) is 12.5 Å². The van der Waals surface area contributed by atoms with Gasteiger partial charge >= 0.3 is 5.97 Å². The summed E-state index contributed by atoms with van der Waals surface area (Å²) in [5, 5.41) is 2.62. The molecule has 1 aromatic carbocycles. The van der Waals surface area contributed by atoms with Gasteiger partial charge in [0.05, 0.1) is 32.1 Å². The largest absolute Gasteiger partial charge is 0.493 e. The van der Waals surface area contributed by atoms with E-state index in [4.69, 9.17) is 14.2 Å². The molecule has 6 nitrogen and oxygen atoms in total. The smallest absolute Gasteiger partial charge is 0.332 e. The molecule has 0 spiro atoms. The normalized spacial score (nSPS) is 14.8. The van der Waals surface area contributed by atoms with Gasteiger partial charge in [0, 0.05) is 11.6 Å². The standard InChI is InChI=1S/C14H15NO5/c1-4-20-13(16)7-10-8-5-11(18-2)12(19-3)6-9(8)14(17)15-10/h5-7H,4H2,1-3H3,(H,15,17)/b10-7-. The number of carbonyl (C=O) groups excluding carboxylic acids is 2. The van der Waals surface area contributed by atoms with Gasteiger partial charge < -0.3 is 19.5 Å². The fourth-order valence-electron chi connectivity index (χ4n) is 1.96. The van der Waals surface area contributed by atoms with E-state index in [0.29, 0.717) is 28.3 Å². The van der Waals surface area contributed by atoms with Gasteiger partial charge in [0.15, 0.2) is 11.5 Å². The highest BCUT2D eigenvalue weighted by Gasteiger charge is 2.27. The van der Waals surface area contributed by atoms with Crippen molar-refractivity contribution in [1.29, 1.82) is 0 Å². The Morgan fingerprint density at radius 2 is 1.80 bits per heavy atom. The summed E-state index contributed by atoms with van der Waals surface area (Å²) in [6.07, 6.45) is 1.25. The lowest BCUT2D eigenvalue weighted by Gasteiger charge is -2.09. The Hall–Kier alpha value is -2.50.